The molecule has 0 N–H and O–H groups in total. The molecule has 6 aromatic carbocycles. The molecule has 0 bridgehead atoms. The summed E-state index contributed by atoms with van der Waals surface area (Å²) >= 11 is 0. The van der Waals surface area contributed by atoms with Crippen molar-refractivity contribution in [3.8, 4) is 34.6 Å². The Morgan fingerprint density at radius 2 is 1.02 bits per heavy atom. The summed E-state index contributed by atoms with van der Waals surface area (Å²) in [6.45, 7) is 0. The van der Waals surface area contributed by atoms with Gasteiger partial charge in [0.1, 0.15) is 12.1 Å². The molecule has 0 spiro atoms. The Labute approximate surface area is 242 Å². The van der Waals surface area contributed by atoms with Crippen LogP contribution in [0, 0.1) is 22.7 Å². The zero-order valence-electron chi connectivity index (χ0n) is 22.5. The average Bonchev–Trinajstić information content (AvgIpc) is 3.57. The van der Waals surface area contributed by atoms with Crippen molar-refractivity contribution in [2.24, 2.45) is 0 Å². The van der Waals surface area contributed by atoms with E-state index in [0.29, 0.717) is 16.8 Å². The van der Waals surface area contributed by atoms with Crippen LogP contribution in [-0.4, -0.2) is 9.13 Å². The Hall–Kier alpha value is -6.10. The lowest BCUT2D eigenvalue weighted by Crippen LogP contribution is -2.01. The van der Waals surface area contributed by atoms with Gasteiger partial charge in [-0.15, -0.1) is 0 Å². The number of nitriles is 2. The van der Waals surface area contributed by atoms with Crippen LogP contribution in [0.1, 0.15) is 11.1 Å². The first-order valence-electron chi connectivity index (χ1n) is 13.8. The molecule has 8 aromatic rings. The van der Waals surface area contributed by atoms with E-state index in [-0.39, 0.29) is 0 Å². The summed E-state index contributed by atoms with van der Waals surface area (Å²) in [6, 6.07) is 50.2. The number of benzene rings is 6. The maximum atomic E-state index is 10.1. The Morgan fingerprint density at radius 3 is 1.71 bits per heavy atom. The van der Waals surface area contributed by atoms with E-state index in [1.165, 1.54) is 16.5 Å². The van der Waals surface area contributed by atoms with Gasteiger partial charge in [-0.05, 0) is 53.6 Å². The topological polar surface area (TPSA) is 57.4 Å². The van der Waals surface area contributed by atoms with E-state index in [0.717, 1.165) is 43.9 Å². The quantitative estimate of drug-likeness (QED) is 0.227. The van der Waals surface area contributed by atoms with E-state index in [2.05, 4.69) is 118 Å². The Bertz CT molecular complexity index is 2380. The van der Waals surface area contributed by atoms with Crippen molar-refractivity contribution in [2.45, 2.75) is 0 Å². The van der Waals surface area contributed by atoms with Crippen LogP contribution in [-0.2, 0) is 0 Å². The first kappa shape index (κ1) is 23.8. The molecule has 4 heteroatoms. The van der Waals surface area contributed by atoms with Gasteiger partial charge in [0.2, 0.25) is 0 Å². The molecule has 42 heavy (non-hydrogen) atoms. The molecule has 0 aliphatic rings. The molecule has 0 amide bonds. The largest absolute Gasteiger partial charge is 0.309 e. The van der Waals surface area contributed by atoms with Crippen LogP contribution >= 0.6 is 0 Å². The van der Waals surface area contributed by atoms with Gasteiger partial charge in [-0.1, -0.05) is 91.0 Å². The van der Waals surface area contributed by atoms with Gasteiger partial charge < -0.3 is 9.13 Å². The second kappa shape index (κ2) is 9.24. The third kappa shape index (κ3) is 3.33. The predicted molar refractivity (Wildman–Crippen MR) is 170 cm³/mol. The van der Waals surface area contributed by atoms with E-state index in [4.69, 9.17) is 0 Å². The third-order valence-corrected chi connectivity index (χ3v) is 8.20. The molecule has 0 radical (unpaired) electrons. The van der Waals surface area contributed by atoms with Gasteiger partial charge in [0.25, 0.3) is 0 Å². The Kier molecular flexibility index (Phi) is 5.22. The molecule has 0 aliphatic heterocycles. The molecule has 0 saturated carbocycles. The Morgan fingerprint density at radius 1 is 0.429 bits per heavy atom. The first-order chi connectivity index (χ1) is 20.8. The van der Waals surface area contributed by atoms with Gasteiger partial charge in [-0.3, -0.25) is 0 Å². The van der Waals surface area contributed by atoms with Crippen LogP contribution in [0.15, 0.2) is 133 Å². The van der Waals surface area contributed by atoms with Crippen molar-refractivity contribution >= 4 is 43.6 Å². The molecule has 0 saturated heterocycles. The molecule has 0 fully saturated rings. The van der Waals surface area contributed by atoms with Crippen molar-refractivity contribution in [2.75, 3.05) is 0 Å². The number of hydrogen-bond acceptors (Lipinski definition) is 2. The van der Waals surface area contributed by atoms with Gasteiger partial charge in [-0.25, -0.2) is 0 Å². The number of para-hydroxylation sites is 3. The van der Waals surface area contributed by atoms with Gasteiger partial charge >= 0.3 is 0 Å². The highest BCUT2D eigenvalue weighted by molar-refractivity contribution is 6.26. The normalized spacial score (nSPS) is 11.3. The lowest BCUT2D eigenvalue weighted by Gasteiger charge is -2.12. The molecule has 0 aliphatic carbocycles. The van der Waals surface area contributed by atoms with Crippen LogP contribution in [0.2, 0.25) is 0 Å². The fraction of sp³-hybridized carbons (Fsp3) is 0. The maximum absolute atomic E-state index is 10.1. The summed E-state index contributed by atoms with van der Waals surface area (Å²) in [6.07, 6.45) is 0. The molecule has 2 heterocycles. The van der Waals surface area contributed by atoms with Crippen LogP contribution in [0.4, 0.5) is 0 Å². The maximum Gasteiger partial charge on any atom is 0.101 e. The van der Waals surface area contributed by atoms with Gasteiger partial charge in [-0.2, -0.15) is 10.5 Å². The van der Waals surface area contributed by atoms with Crippen molar-refractivity contribution < 1.29 is 0 Å². The summed E-state index contributed by atoms with van der Waals surface area (Å²) in [5.41, 5.74) is 9.10. The zero-order chi connectivity index (χ0) is 28.2. The van der Waals surface area contributed by atoms with E-state index in [1.807, 2.05) is 18.2 Å². The lowest BCUT2D eigenvalue weighted by molar-refractivity contribution is 1.15. The molecular weight excluding hydrogens is 512 g/mol. The lowest BCUT2D eigenvalue weighted by atomic mass is 10.1. The molecule has 2 aromatic heterocycles. The summed E-state index contributed by atoms with van der Waals surface area (Å²) < 4.78 is 4.43. The van der Waals surface area contributed by atoms with Gasteiger partial charge in [0.15, 0.2) is 0 Å². The van der Waals surface area contributed by atoms with Crippen molar-refractivity contribution in [1.29, 1.82) is 10.5 Å². The number of rotatable bonds is 3. The summed E-state index contributed by atoms with van der Waals surface area (Å²) in [5, 5.41) is 24.6. The van der Waals surface area contributed by atoms with E-state index < -0.39 is 0 Å². The fourth-order valence-corrected chi connectivity index (χ4v) is 6.42. The molecule has 8 rings (SSSR count). The van der Waals surface area contributed by atoms with E-state index in [9.17, 15) is 10.5 Å². The minimum Gasteiger partial charge on any atom is -0.309 e. The van der Waals surface area contributed by atoms with Gasteiger partial charge in [0, 0.05) is 27.2 Å². The standard InChI is InChI=1S/C38H22N4/c39-23-27-11-8-12-28(24-40)37(27)42-34-16-7-5-14-32(34)36-35(42)22-21-31-30-13-4-6-15-33(30)41(38(31)36)29-19-17-26(18-20-29)25-9-2-1-3-10-25/h1-22H. The third-order valence-electron chi connectivity index (χ3n) is 8.20. The van der Waals surface area contributed by atoms with Crippen molar-refractivity contribution in [3.05, 3.63) is 145 Å². The second-order valence-corrected chi connectivity index (χ2v) is 10.4. The van der Waals surface area contributed by atoms with Crippen LogP contribution in [0.25, 0.3) is 66.1 Å². The minimum absolute atomic E-state index is 0.467. The minimum atomic E-state index is 0.467. The smallest absolute Gasteiger partial charge is 0.101 e. The van der Waals surface area contributed by atoms with E-state index in [1.54, 1.807) is 18.2 Å². The molecule has 4 nitrogen and oxygen atoms in total. The molecule has 0 atom stereocenters. The predicted octanol–water partition coefficient (Wildman–Crippen LogP) is 9.29. The number of hydrogen-bond donors (Lipinski definition) is 0. The van der Waals surface area contributed by atoms with Crippen LogP contribution < -0.4 is 0 Å². The fourth-order valence-electron chi connectivity index (χ4n) is 6.42. The van der Waals surface area contributed by atoms with Crippen molar-refractivity contribution in [1.82, 2.24) is 9.13 Å². The second-order valence-electron chi connectivity index (χ2n) is 10.4. The summed E-state index contributed by atoms with van der Waals surface area (Å²) in [7, 11) is 0. The van der Waals surface area contributed by atoms with Crippen LogP contribution in [0.5, 0.6) is 0 Å². The van der Waals surface area contributed by atoms with Gasteiger partial charge in [0.05, 0.1) is 38.9 Å². The average molecular weight is 535 g/mol. The SMILES string of the molecule is N#Cc1cccc(C#N)c1-n1c2ccccc2c2c1ccc1c3ccccc3n(-c3ccc(-c4ccccc4)cc3)c12. The molecule has 194 valence electrons. The van der Waals surface area contributed by atoms with Crippen LogP contribution in [0.3, 0.4) is 0 Å². The summed E-state index contributed by atoms with van der Waals surface area (Å²) in [4.78, 5) is 0. The monoisotopic (exact) mass is 534 g/mol. The number of fused-ring (bicyclic) bond motifs is 7. The van der Waals surface area contributed by atoms with Crippen molar-refractivity contribution in [3.63, 3.8) is 0 Å². The number of nitrogens with zero attached hydrogens (tertiary/aromatic N) is 4. The number of aromatic nitrogens is 2. The first-order valence-corrected chi connectivity index (χ1v) is 13.8. The highest BCUT2D eigenvalue weighted by atomic mass is 15.0. The molecular formula is C38H22N4. The van der Waals surface area contributed by atoms with E-state index >= 15 is 0 Å². The highest BCUT2D eigenvalue weighted by Crippen LogP contribution is 2.42. The summed E-state index contributed by atoms with van der Waals surface area (Å²) in [5.74, 6) is 0. The highest BCUT2D eigenvalue weighted by Gasteiger charge is 2.22. The Balaban J connectivity index is 1.52. The zero-order valence-corrected chi connectivity index (χ0v) is 22.5. The molecule has 0 unspecified atom stereocenters.